The third kappa shape index (κ3) is 5.40. The molecule has 202 valence electrons. The van der Waals surface area contributed by atoms with Crippen molar-refractivity contribution in [2.24, 2.45) is 0 Å². The number of hydrogen-bond acceptors (Lipinski definition) is 8. The lowest BCUT2D eigenvalue weighted by atomic mass is 10.1. The van der Waals surface area contributed by atoms with E-state index in [0.29, 0.717) is 0 Å². The van der Waals surface area contributed by atoms with Crippen LogP contribution in [-0.2, 0) is 20.4 Å². The molecule has 2 aromatic carbocycles. The van der Waals surface area contributed by atoms with E-state index in [1.54, 1.807) is 36.4 Å². The highest BCUT2D eigenvalue weighted by Crippen LogP contribution is 2.37. The molecule has 2 unspecified atom stereocenters. The average Bonchev–Trinajstić information content (AvgIpc) is 3.49. The molecule has 0 bridgehead atoms. The fraction of sp³-hybridized carbons (Fsp3) is 0.240. The minimum atomic E-state index is -4.94. The molecule has 3 heterocycles. The number of imidazole rings is 1. The van der Waals surface area contributed by atoms with Gasteiger partial charge in [0.1, 0.15) is 18.2 Å². The fourth-order valence-electron chi connectivity index (χ4n) is 3.97. The zero-order chi connectivity index (χ0) is 27.7. The minimum Gasteiger partial charge on any atom is -0.459 e. The van der Waals surface area contributed by atoms with Gasteiger partial charge in [-0.05, 0) is 24.3 Å². The van der Waals surface area contributed by atoms with Gasteiger partial charge < -0.3 is 14.2 Å². The maximum Gasteiger partial charge on any atom is 0.451 e. The van der Waals surface area contributed by atoms with Crippen molar-refractivity contribution in [3.63, 3.8) is 0 Å². The van der Waals surface area contributed by atoms with Gasteiger partial charge in [0.25, 0.3) is 0 Å². The lowest BCUT2D eigenvalue weighted by Crippen LogP contribution is -2.37. The van der Waals surface area contributed by atoms with Gasteiger partial charge in [-0.25, -0.2) is 28.9 Å². The predicted octanol–water partition coefficient (Wildman–Crippen LogP) is 4.82. The maximum atomic E-state index is 15.9. The molecule has 0 saturated carbocycles. The number of aromatic nitrogens is 4. The molecule has 0 radical (unpaired) electrons. The van der Waals surface area contributed by atoms with Crippen molar-refractivity contribution < 1.29 is 41.4 Å². The molecule has 5 rings (SSSR count). The van der Waals surface area contributed by atoms with Gasteiger partial charge in [0.05, 0.1) is 17.5 Å². The van der Waals surface area contributed by atoms with Crippen LogP contribution in [0.1, 0.15) is 32.8 Å². The number of ether oxygens (including phenoxy) is 3. The first-order chi connectivity index (χ1) is 18.6. The number of benzene rings is 2. The van der Waals surface area contributed by atoms with Gasteiger partial charge in [-0.1, -0.05) is 48.0 Å². The van der Waals surface area contributed by atoms with E-state index in [-0.39, 0.29) is 16.6 Å². The molecule has 39 heavy (non-hydrogen) atoms. The van der Waals surface area contributed by atoms with Crippen LogP contribution >= 0.6 is 11.6 Å². The number of nitrogens with zero attached hydrogens (tertiary/aromatic N) is 4. The van der Waals surface area contributed by atoms with Crippen LogP contribution < -0.4 is 0 Å². The van der Waals surface area contributed by atoms with Gasteiger partial charge in [-0.2, -0.15) is 13.2 Å². The predicted molar refractivity (Wildman–Crippen MR) is 127 cm³/mol. The largest absolute Gasteiger partial charge is 0.459 e. The van der Waals surface area contributed by atoms with E-state index in [4.69, 9.17) is 25.8 Å². The molecule has 0 aliphatic carbocycles. The van der Waals surface area contributed by atoms with Crippen LogP contribution in [0.4, 0.5) is 17.6 Å². The molecule has 4 atom stereocenters. The molecule has 2 aromatic heterocycles. The molecule has 9 nitrogen and oxygen atoms in total. The SMILES string of the molecule is O=C(OC[C@H]1O[C@@H](n2cnc3c(Cl)nc(C(F)(F)F)nc32)C(F)C1OC(=O)c1ccccc1)c1ccccc1. The molecule has 0 N–H and O–H groups in total. The number of halogens is 5. The third-order valence-corrected chi connectivity index (χ3v) is 6.08. The lowest BCUT2D eigenvalue weighted by molar-refractivity contribution is -0.144. The van der Waals surface area contributed by atoms with E-state index >= 15 is 4.39 Å². The Morgan fingerprint density at radius 2 is 1.59 bits per heavy atom. The average molecular weight is 565 g/mol. The Labute approximate surface area is 222 Å². The normalized spacial score (nSPS) is 21.2. The molecular formula is C25H17ClF4N4O5. The van der Waals surface area contributed by atoms with E-state index < -0.39 is 66.0 Å². The van der Waals surface area contributed by atoms with Crippen LogP contribution in [0.3, 0.4) is 0 Å². The molecule has 4 aromatic rings. The number of carbonyl (C=O) groups excluding carboxylic acids is 2. The summed E-state index contributed by atoms with van der Waals surface area (Å²) in [6.07, 6.45) is -10.7. The van der Waals surface area contributed by atoms with Crippen LogP contribution in [0.15, 0.2) is 67.0 Å². The van der Waals surface area contributed by atoms with Crippen LogP contribution in [-0.4, -0.2) is 56.4 Å². The van der Waals surface area contributed by atoms with Crippen LogP contribution in [0, 0.1) is 0 Å². The molecule has 0 amide bonds. The smallest absolute Gasteiger partial charge is 0.451 e. The van der Waals surface area contributed by atoms with Gasteiger partial charge in [0, 0.05) is 0 Å². The highest BCUT2D eigenvalue weighted by molar-refractivity contribution is 6.33. The second kappa shape index (κ2) is 10.6. The topological polar surface area (TPSA) is 105 Å². The number of esters is 2. The Hall–Kier alpha value is -4.10. The van der Waals surface area contributed by atoms with E-state index in [9.17, 15) is 22.8 Å². The summed E-state index contributed by atoms with van der Waals surface area (Å²) in [5.41, 5.74) is -0.341. The summed E-state index contributed by atoms with van der Waals surface area (Å²) in [5.74, 6) is -3.18. The van der Waals surface area contributed by atoms with Crippen molar-refractivity contribution in [3.8, 4) is 0 Å². The van der Waals surface area contributed by atoms with Crippen molar-refractivity contribution in [1.82, 2.24) is 19.5 Å². The van der Waals surface area contributed by atoms with Crippen molar-refractivity contribution in [3.05, 3.63) is 89.1 Å². The number of carbonyl (C=O) groups is 2. The summed E-state index contributed by atoms with van der Waals surface area (Å²) in [7, 11) is 0. The van der Waals surface area contributed by atoms with Gasteiger partial charge in [-0.3, -0.25) is 4.57 Å². The Bertz CT molecular complexity index is 1500. The second-order valence-electron chi connectivity index (χ2n) is 8.37. The van der Waals surface area contributed by atoms with E-state index in [1.807, 2.05) is 0 Å². The summed E-state index contributed by atoms with van der Waals surface area (Å²) < 4.78 is 73.1. The monoisotopic (exact) mass is 564 g/mol. The summed E-state index contributed by atoms with van der Waals surface area (Å²) in [6.45, 7) is -0.534. The minimum absolute atomic E-state index is 0.121. The second-order valence-corrected chi connectivity index (χ2v) is 8.73. The van der Waals surface area contributed by atoms with Gasteiger partial charge >= 0.3 is 18.1 Å². The maximum absolute atomic E-state index is 15.9. The lowest BCUT2D eigenvalue weighted by Gasteiger charge is -2.19. The summed E-state index contributed by atoms with van der Waals surface area (Å²) in [5, 5.41) is -0.597. The molecule has 0 spiro atoms. The van der Waals surface area contributed by atoms with Crippen molar-refractivity contribution >= 4 is 34.7 Å². The Kier molecular flexibility index (Phi) is 7.19. The van der Waals surface area contributed by atoms with E-state index in [0.717, 1.165) is 10.9 Å². The van der Waals surface area contributed by atoms with Crippen molar-refractivity contribution in [2.75, 3.05) is 6.61 Å². The van der Waals surface area contributed by atoms with Gasteiger partial charge in [0.15, 0.2) is 29.3 Å². The van der Waals surface area contributed by atoms with E-state index in [1.165, 1.54) is 24.3 Å². The number of rotatable bonds is 6. The Morgan fingerprint density at radius 3 is 2.21 bits per heavy atom. The summed E-state index contributed by atoms with van der Waals surface area (Å²) >= 11 is 5.87. The molecule has 14 heteroatoms. The van der Waals surface area contributed by atoms with Crippen LogP contribution in [0.25, 0.3) is 11.2 Å². The highest BCUT2D eigenvalue weighted by Gasteiger charge is 2.50. The molecule has 1 aliphatic rings. The van der Waals surface area contributed by atoms with Crippen molar-refractivity contribution in [2.45, 2.75) is 30.8 Å². The molecule has 1 saturated heterocycles. The van der Waals surface area contributed by atoms with E-state index in [2.05, 4.69) is 15.0 Å². The zero-order valence-corrected chi connectivity index (χ0v) is 20.3. The molecule has 1 aliphatic heterocycles. The number of alkyl halides is 4. The van der Waals surface area contributed by atoms with Gasteiger partial charge in [0.2, 0.25) is 5.82 Å². The fourth-order valence-corrected chi connectivity index (χ4v) is 4.18. The summed E-state index contributed by atoms with van der Waals surface area (Å²) in [4.78, 5) is 35.7. The molecule has 1 fully saturated rings. The Balaban J connectivity index is 1.45. The van der Waals surface area contributed by atoms with Gasteiger partial charge in [-0.15, -0.1) is 0 Å². The van der Waals surface area contributed by atoms with Crippen molar-refractivity contribution in [1.29, 1.82) is 0 Å². The number of hydrogen-bond donors (Lipinski definition) is 0. The highest BCUT2D eigenvalue weighted by atomic mass is 35.5. The van der Waals surface area contributed by atoms with Crippen LogP contribution in [0.5, 0.6) is 0 Å². The zero-order valence-electron chi connectivity index (χ0n) is 19.6. The standard InChI is InChI=1S/C25H17ClF4N4O5/c26-19-17-20(33-24(32-19)25(28,29)30)34(12-31-17)21-16(27)18(39-23(36)14-9-5-2-6-10-14)15(38-21)11-37-22(35)13-7-3-1-4-8-13/h1-10,12,15-16,18,21H,11H2/t15-,16?,18?,21-/m1/s1. The quantitative estimate of drug-likeness (QED) is 0.187. The summed E-state index contributed by atoms with van der Waals surface area (Å²) in [6, 6.07) is 15.7. The first-order valence-corrected chi connectivity index (χ1v) is 11.8. The van der Waals surface area contributed by atoms with Crippen LogP contribution in [0.2, 0.25) is 5.15 Å². The molecular weight excluding hydrogens is 548 g/mol. The first-order valence-electron chi connectivity index (χ1n) is 11.4. The number of fused-ring (bicyclic) bond motifs is 1. The third-order valence-electron chi connectivity index (χ3n) is 5.81. The Morgan fingerprint density at radius 1 is 0.974 bits per heavy atom. The first kappa shape index (κ1) is 26.5.